The summed E-state index contributed by atoms with van der Waals surface area (Å²) in [6.07, 6.45) is -7.29. The van der Waals surface area contributed by atoms with Crippen LogP contribution in [-0.2, 0) is 11.0 Å². The zero-order chi connectivity index (χ0) is 21.9. The second-order valence-corrected chi connectivity index (χ2v) is 7.29. The zero-order valence-corrected chi connectivity index (χ0v) is 16.2. The molecule has 1 unspecified atom stereocenters. The summed E-state index contributed by atoms with van der Waals surface area (Å²) in [4.78, 5) is 16.6. The Bertz CT molecular complexity index is 870. The molecule has 0 aliphatic carbocycles. The molecule has 4 nitrogen and oxygen atoms in total. The number of ether oxygens (including phenoxy) is 1. The van der Waals surface area contributed by atoms with Gasteiger partial charge in [-0.05, 0) is 35.7 Å². The standard InChI is InChI=1S/C21H21F5N2O2/c1-13(11-17(29)20(22)23)14-5-7-15(8-6-14)30-16-9-10-28(12-16)19-4-2-3-18(27-19)21(24,25)26/h2-8,13,16,20H,9-12H2,1H3/t13-,16?/m1/s1. The van der Waals surface area contributed by atoms with Crippen molar-refractivity contribution in [1.29, 1.82) is 0 Å². The van der Waals surface area contributed by atoms with Crippen LogP contribution in [0.1, 0.15) is 36.9 Å². The number of halogens is 5. The number of carbonyl (C=O) groups excluding carboxylic acids is 1. The molecule has 1 aromatic carbocycles. The molecule has 162 valence electrons. The number of ketones is 1. The number of Topliss-reactive ketones (excluding diaryl/α,β-unsaturated/α-hetero) is 1. The van der Waals surface area contributed by atoms with Crippen LogP contribution in [0, 0.1) is 0 Å². The minimum absolute atomic E-state index is 0.218. The van der Waals surface area contributed by atoms with E-state index >= 15 is 0 Å². The van der Waals surface area contributed by atoms with E-state index in [1.165, 1.54) is 12.1 Å². The van der Waals surface area contributed by atoms with Gasteiger partial charge in [0.15, 0.2) is 5.78 Å². The van der Waals surface area contributed by atoms with E-state index in [9.17, 15) is 26.7 Å². The number of carbonyl (C=O) groups is 1. The van der Waals surface area contributed by atoms with E-state index in [-0.39, 0.29) is 24.3 Å². The highest BCUT2D eigenvalue weighted by Crippen LogP contribution is 2.30. The molecule has 0 spiro atoms. The molecule has 0 N–H and O–H groups in total. The van der Waals surface area contributed by atoms with Gasteiger partial charge in [0.25, 0.3) is 6.43 Å². The topological polar surface area (TPSA) is 42.4 Å². The van der Waals surface area contributed by atoms with Crippen LogP contribution in [0.15, 0.2) is 42.5 Å². The van der Waals surface area contributed by atoms with Crippen molar-refractivity contribution in [2.45, 2.75) is 44.4 Å². The van der Waals surface area contributed by atoms with Gasteiger partial charge in [-0.2, -0.15) is 13.2 Å². The Morgan fingerprint density at radius 2 is 1.90 bits per heavy atom. The largest absolute Gasteiger partial charge is 0.489 e. The highest BCUT2D eigenvalue weighted by Gasteiger charge is 2.33. The molecule has 2 heterocycles. The first-order chi connectivity index (χ1) is 14.1. The van der Waals surface area contributed by atoms with Crippen molar-refractivity contribution in [3.63, 3.8) is 0 Å². The first kappa shape index (κ1) is 22.0. The number of anilines is 1. The summed E-state index contributed by atoms with van der Waals surface area (Å²) in [5, 5.41) is 0. The molecular weight excluding hydrogens is 407 g/mol. The number of hydrogen-bond donors (Lipinski definition) is 0. The summed E-state index contributed by atoms with van der Waals surface area (Å²) in [5.74, 6) is -0.606. The van der Waals surface area contributed by atoms with Crippen molar-refractivity contribution in [2.24, 2.45) is 0 Å². The summed E-state index contributed by atoms with van der Waals surface area (Å²) in [7, 11) is 0. The van der Waals surface area contributed by atoms with Crippen molar-refractivity contribution < 1.29 is 31.5 Å². The molecular formula is C21H21F5N2O2. The highest BCUT2D eigenvalue weighted by molar-refractivity contribution is 5.82. The third kappa shape index (κ3) is 5.46. The van der Waals surface area contributed by atoms with Gasteiger partial charge in [0.1, 0.15) is 23.4 Å². The van der Waals surface area contributed by atoms with E-state index in [1.54, 1.807) is 36.1 Å². The van der Waals surface area contributed by atoms with Gasteiger partial charge in [0, 0.05) is 19.4 Å². The van der Waals surface area contributed by atoms with Crippen molar-refractivity contribution in [3.05, 3.63) is 53.7 Å². The maximum absolute atomic E-state index is 12.9. The second-order valence-electron chi connectivity index (χ2n) is 7.29. The third-order valence-corrected chi connectivity index (χ3v) is 5.00. The van der Waals surface area contributed by atoms with Gasteiger partial charge < -0.3 is 9.64 Å². The van der Waals surface area contributed by atoms with Gasteiger partial charge in [0.2, 0.25) is 0 Å². The van der Waals surface area contributed by atoms with E-state index < -0.39 is 24.1 Å². The average Bonchev–Trinajstić information content (AvgIpc) is 3.16. The number of pyridine rings is 1. The molecule has 0 saturated carbocycles. The van der Waals surface area contributed by atoms with Crippen LogP contribution in [-0.4, -0.2) is 36.4 Å². The van der Waals surface area contributed by atoms with E-state index in [1.807, 2.05) is 0 Å². The van der Waals surface area contributed by atoms with Crippen LogP contribution < -0.4 is 9.64 Å². The fourth-order valence-corrected chi connectivity index (χ4v) is 3.37. The predicted octanol–water partition coefficient (Wildman–Crippen LogP) is 5.09. The lowest BCUT2D eigenvalue weighted by Crippen LogP contribution is -2.25. The molecule has 1 aliphatic heterocycles. The summed E-state index contributed by atoms with van der Waals surface area (Å²) < 4.78 is 69.3. The molecule has 1 fully saturated rings. The van der Waals surface area contributed by atoms with Crippen molar-refractivity contribution in [1.82, 2.24) is 4.98 Å². The molecule has 3 rings (SSSR count). The Labute approximate surface area is 170 Å². The fourth-order valence-electron chi connectivity index (χ4n) is 3.37. The van der Waals surface area contributed by atoms with Crippen molar-refractivity contribution in [3.8, 4) is 5.75 Å². The van der Waals surface area contributed by atoms with Gasteiger partial charge in [-0.25, -0.2) is 13.8 Å². The number of alkyl halides is 5. The average molecular weight is 428 g/mol. The van der Waals surface area contributed by atoms with Crippen LogP contribution >= 0.6 is 0 Å². The maximum Gasteiger partial charge on any atom is 0.433 e. The number of rotatable bonds is 7. The third-order valence-electron chi connectivity index (χ3n) is 5.00. The lowest BCUT2D eigenvalue weighted by atomic mass is 9.96. The maximum atomic E-state index is 12.9. The Morgan fingerprint density at radius 1 is 1.20 bits per heavy atom. The van der Waals surface area contributed by atoms with Crippen LogP contribution in [0.5, 0.6) is 5.75 Å². The molecule has 1 saturated heterocycles. The smallest absolute Gasteiger partial charge is 0.433 e. The summed E-state index contributed by atoms with van der Waals surface area (Å²) in [6.45, 7) is 2.62. The van der Waals surface area contributed by atoms with E-state index in [2.05, 4.69) is 4.98 Å². The Morgan fingerprint density at radius 3 is 2.53 bits per heavy atom. The van der Waals surface area contributed by atoms with Gasteiger partial charge >= 0.3 is 6.18 Å². The number of nitrogens with zero attached hydrogens (tertiary/aromatic N) is 2. The first-order valence-electron chi connectivity index (χ1n) is 9.50. The predicted molar refractivity (Wildman–Crippen MR) is 101 cm³/mol. The Hall–Kier alpha value is -2.71. The zero-order valence-electron chi connectivity index (χ0n) is 16.2. The number of hydrogen-bond acceptors (Lipinski definition) is 4. The normalized spacial score (nSPS) is 18.0. The molecule has 9 heteroatoms. The molecule has 0 amide bonds. The van der Waals surface area contributed by atoms with Crippen LogP contribution in [0.4, 0.5) is 27.8 Å². The quantitative estimate of drug-likeness (QED) is 0.577. The van der Waals surface area contributed by atoms with Crippen molar-refractivity contribution in [2.75, 3.05) is 18.0 Å². The van der Waals surface area contributed by atoms with Crippen LogP contribution in [0.3, 0.4) is 0 Å². The highest BCUT2D eigenvalue weighted by atomic mass is 19.4. The summed E-state index contributed by atoms with van der Waals surface area (Å²) in [6, 6.07) is 10.6. The lowest BCUT2D eigenvalue weighted by molar-refractivity contribution is -0.141. The minimum Gasteiger partial charge on any atom is -0.489 e. The van der Waals surface area contributed by atoms with Gasteiger partial charge in [0.05, 0.1) is 6.54 Å². The second kappa shape index (κ2) is 8.97. The molecule has 2 aromatic rings. The Kier molecular flexibility index (Phi) is 6.58. The lowest BCUT2D eigenvalue weighted by Gasteiger charge is -2.19. The molecule has 0 radical (unpaired) electrons. The van der Waals surface area contributed by atoms with Gasteiger partial charge in [-0.3, -0.25) is 4.79 Å². The summed E-state index contributed by atoms with van der Waals surface area (Å²) in [5.41, 5.74) is -0.183. The van der Waals surface area contributed by atoms with E-state index in [0.717, 1.165) is 11.6 Å². The monoisotopic (exact) mass is 428 g/mol. The minimum atomic E-state index is -4.50. The first-order valence-corrected chi connectivity index (χ1v) is 9.50. The molecule has 2 atom stereocenters. The molecule has 0 bridgehead atoms. The van der Waals surface area contributed by atoms with E-state index in [4.69, 9.17) is 4.74 Å². The van der Waals surface area contributed by atoms with Gasteiger partial charge in [-0.15, -0.1) is 0 Å². The molecule has 1 aromatic heterocycles. The molecule has 30 heavy (non-hydrogen) atoms. The van der Waals surface area contributed by atoms with Crippen molar-refractivity contribution >= 4 is 11.6 Å². The van der Waals surface area contributed by atoms with Crippen LogP contribution in [0.2, 0.25) is 0 Å². The van der Waals surface area contributed by atoms with E-state index in [0.29, 0.717) is 25.3 Å². The van der Waals surface area contributed by atoms with Gasteiger partial charge in [-0.1, -0.05) is 25.1 Å². The SMILES string of the molecule is C[C@H](CC(=O)C(F)F)c1ccc(OC2CCN(c3cccc(C(F)(F)F)n3)C2)cc1. The molecule has 1 aliphatic rings. The van der Waals surface area contributed by atoms with Crippen LogP contribution in [0.25, 0.3) is 0 Å². The number of benzene rings is 1. The Balaban J connectivity index is 1.57. The summed E-state index contributed by atoms with van der Waals surface area (Å²) >= 11 is 0. The number of aromatic nitrogens is 1. The fraction of sp³-hybridized carbons (Fsp3) is 0.429.